The van der Waals surface area contributed by atoms with E-state index in [1.54, 1.807) is 0 Å². The molecule has 0 bridgehead atoms. The molecule has 0 N–H and O–H groups in total. The first-order valence-electron chi connectivity index (χ1n) is 6.74. The minimum Gasteiger partial charge on any atom is -0.399 e. The molecule has 0 unspecified atom stereocenters. The van der Waals surface area contributed by atoms with Crippen LogP contribution in [0.15, 0.2) is 24.3 Å². The summed E-state index contributed by atoms with van der Waals surface area (Å²) in [5.74, 6) is 0. The first-order chi connectivity index (χ1) is 8.86. The zero-order valence-electron chi connectivity index (χ0n) is 12.1. The smallest absolute Gasteiger partial charge is 0.399 e. The van der Waals surface area contributed by atoms with E-state index < -0.39 is 0 Å². The number of aryl methyl sites for hydroxylation is 1. The zero-order valence-corrected chi connectivity index (χ0v) is 12.1. The molecule has 1 aromatic carbocycles. The third-order valence-electron chi connectivity index (χ3n) is 4.06. The zero-order chi connectivity index (χ0) is 14.1. The van der Waals surface area contributed by atoms with Gasteiger partial charge in [0.2, 0.25) is 0 Å². The number of hydrogen-bond acceptors (Lipinski definition) is 3. The Morgan fingerprint density at radius 1 is 1.05 bits per heavy atom. The molecule has 0 atom stereocenters. The number of rotatable bonds is 4. The van der Waals surface area contributed by atoms with Gasteiger partial charge in [0.05, 0.1) is 11.2 Å². The normalized spacial score (nSPS) is 20.5. The second kappa shape index (κ2) is 5.10. The molecule has 1 saturated heterocycles. The van der Waals surface area contributed by atoms with E-state index in [0.717, 1.165) is 23.7 Å². The summed E-state index contributed by atoms with van der Waals surface area (Å²) >= 11 is 0. The number of benzene rings is 1. The fraction of sp³-hybridized carbons (Fsp3) is 0.533. The molecule has 3 nitrogen and oxygen atoms in total. The van der Waals surface area contributed by atoms with E-state index in [0.29, 0.717) is 6.42 Å². The molecule has 0 saturated carbocycles. The summed E-state index contributed by atoms with van der Waals surface area (Å²) in [5, 5.41) is 0. The van der Waals surface area contributed by atoms with Gasteiger partial charge in [0.25, 0.3) is 0 Å². The average molecular weight is 260 g/mol. The van der Waals surface area contributed by atoms with E-state index in [2.05, 4.69) is 0 Å². The Bertz CT molecular complexity index is 435. The van der Waals surface area contributed by atoms with Crippen molar-refractivity contribution in [3.8, 4) is 0 Å². The van der Waals surface area contributed by atoms with Crippen LogP contribution >= 0.6 is 0 Å². The van der Waals surface area contributed by atoms with Crippen molar-refractivity contribution in [2.45, 2.75) is 51.7 Å². The molecular weight excluding hydrogens is 239 g/mol. The van der Waals surface area contributed by atoms with Crippen molar-refractivity contribution < 1.29 is 14.1 Å². The van der Waals surface area contributed by atoms with Gasteiger partial charge in [0, 0.05) is 6.42 Å². The van der Waals surface area contributed by atoms with Gasteiger partial charge >= 0.3 is 7.12 Å². The standard InChI is InChI=1S/C15H21BO3/c1-14(2)15(3,4)19-16(18-14)13-9-7-12(8-10-13)6-5-11-17/h7-11H,5-6H2,1-4H3. The predicted molar refractivity (Wildman–Crippen MR) is 76.5 cm³/mol. The van der Waals surface area contributed by atoms with Crippen LogP contribution in [-0.2, 0) is 20.5 Å². The average Bonchev–Trinajstić information content (AvgIpc) is 2.56. The quantitative estimate of drug-likeness (QED) is 0.614. The summed E-state index contributed by atoms with van der Waals surface area (Å²) < 4.78 is 12.0. The number of aldehydes is 1. The summed E-state index contributed by atoms with van der Waals surface area (Å²) in [6.07, 6.45) is 2.30. The lowest BCUT2D eigenvalue weighted by Gasteiger charge is -2.32. The highest BCUT2D eigenvalue weighted by Gasteiger charge is 2.51. The van der Waals surface area contributed by atoms with Gasteiger partial charge in [-0.25, -0.2) is 0 Å². The molecule has 2 rings (SSSR count). The van der Waals surface area contributed by atoms with Crippen molar-refractivity contribution in [3.63, 3.8) is 0 Å². The minimum atomic E-state index is -0.315. The molecule has 4 heteroatoms. The maximum Gasteiger partial charge on any atom is 0.494 e. The number of hydrogen-bond donors (Lipinski definition) is 0. The molecule has 1 heterocycles. The SMILES string of the molecule is CC1(C)OB(c2ccc(CCC=O)cc2)OC1(C)C. The highest BCUT2D eigenvalue weighted by atomic mass is 16.7. The fourth-order valence-electron chi connectivity index (χ4n) is 2.05. The van der Waals surface area contributed by atoms with Crippen molar-refractivity contribution in [1.29, 1.82) is 0 Å². The molecule has 0 aromatic heterocycles. The second-order valence-electron chi connectivity index (χ2n) is 6.04. The lowest BCUT2D eigenvalue weighted by atomic mass is 9.79. The maximum absolute atomic E-state index is 10.4. The molecule has 1 aromatic rings. The number of carbonyl (C=O) groups is 1. The van der Waals surface area contributed by atoms with Crippen LogP contribution in [0.3, 0.4) is 0 Å². The van der Waals surface area contributed by atoms with Gasteiger partial charge in [-0.05, 0) is 45.1 Å². The fourth-order valence-corrected chi connectivity index (χ4v) is 2.05. The van der Waals surface area contributed by atoms with Crippen molar-refractivity contribution >= 4 is 18.9 Å². The number of carbonyl (C=O) groups excluding carboxylic acids is 1. The summed E-state index contributed by atoms with van der Waals surface area (Å²) in [6, 6.07) is 8.10. The highest BCUT2D eigenvalue weighted by Crippen LogP contribution is 2.36. The first-order valence-corrected chi connectivity index (χ1v) is 6.74. The monoisotopic (exact) mass is 260 g/mol. The van der Waals surface area contributed by atoms with Gasteiger partial charge in [0.1, 0.15) is 6.29 Å². The Hall–Kier alpha value is -1.13. The van der Waals surface area contributed by atoms with Gasteiger partial charge < -0.3 is 14.1 Å². The van der Waals surface area contributed by atoms with Crippen LogP contribution in [0.5, 0.6) is 0 Å². The van der Waals surface area contributed by atoms with Gasteiger partial charge in [-0.15, -0.1) is 0 Å². The summed E-state index contributed by atoms with van der Waals surface area (Å²) in [5.41, 5.74) is 1.56. The molecule has 0 amide bonds. The van der Waals surface area contributed by atoms with E-state index in [1.807, 2.05) is 52.0 Å². The Kier molecular flexibility index (Phi) is 3.84. The van der Waals surface area contributed by atoms with E-state index in [4.69, 9.17) is 9.31 Å². The molecular formula is C15H21BO3. The largest absolute Gasteiger partial charge is 0.494 e. The van der Waals surface area contributed by atoms with Gasteiger partial charge in [-0.2, -0.15) is 0 Å². The highest BCUT2D eigenvalue weighted by molar-refractivity contribution is 6.62. The topological polar surface area (TPSA) is 35.5 Å². The summed E-state index contributed by atoms with van der Waals surface area (Å²) in [7, 11) is -0.315. The van der Waals surface area contributed by atoms with Crippen LogP contribution in [0.1, 0.15) is 39.7 Å². The van der Waals surface area contributed by atoms with Gasteiger partial charge in [-0.1, -0.05) is 24.3 Å². The molecule has 0 radical (unpaired) electrons. The first kappa shape index (κ1) is 14.3. The third kappa shape index (κ3) is 2.90. The summed E-state index contributed by atoms with van der Waals surface area (Å²) in [4.78, 5) is 10.4. The predicted octanol–water partition coefficient (Wildman–Crippen LogP) is 2.12. The van der Waals surface area contributed by atoms with E-state index in [9.17, 15) is 4.79 Å². The van der Waals surface area contributed by atoms with Gasteiger partial charge in [0.15, 0.2) is 0 Å². The van der Waals surface area contributed by atoms with Crippen LogP contribution in [0.2, 0.25) is 0 Å². The van der Waals surface area contributed by atoms with Crippen LogP contribution in [0.25, 0.3) is 0 Å². The van der Waals surface area contributed by atoms with Crippen molar-refractivity contribution in [2.75, 3.05) is 0 Å². The van der Waals surface area contributed by atoms with Crippen LogP contribution in [0, 0.1) is 0 Å². The Morgan fingerprint density at radius 2 is 1.58 bits per heavy atom. The van der Waals surface area contributed by atoms with E-state index in [-0.39, 0.29) is 18.3 Å². The van der Waals surface area contributed by atoms with Crippen molar-refractivity contribution in [2.24, 2.45) is 0 Å². The third-order valence-corrected chi connectivity index (χ3v) is 4.06. The van der Waals surface area contributed by atoms with Crippen LogP contribution in [-0.4, -0.2) is 24.6 Å². The lowest BCUT2D eigenvalue weighted by molar-refractivity contribution is -0.107. The van der Waals surface area contributed by atoms with Crippen molar-refractivity contribution in [3.05, 3.63) is 29.8 Å². The molecule has 19 heavy (non-hydrogen) atoms. The molecule has 0 aliphatic carbocycles. The maximum atomic E-state index is 10.4. The van der Waals surface area contributed by atoms with Crippen molar-refractivity contribution in [1.82, 2.24) is 0 Å². The Morgan fingerprint density at radius 3 is 2.05 bits per heavy atom. The molecule has 1 aliphatic rings. The van der Waals surface area contributed by atoms with Gasteiger partial charge in [-0.3, -0.25) is 0 Å². The van der Waals surface area contributed by atoms with E-state index >= 15 is 0 Å². The molecule has 0 spiro atoms. The molecule has 1 fully saturated rings. The van der Waals surface area contributed by atoms with Crippen LogP contribution in [0.4, 0.5) is 0 Å². The molecule has 102 valence electrons. The minimum absolute atomic E-state index is 0.312. The summed E-state index contributed by atoms with van der Waals surface area (Å²) in [6.45, 7) is 8.19. The Labute approximate surface area is 115 Å². The van der Waals surface area contributed by atoms with Crippen LogP contribution < -0.4 is 5.46 Å². The van der Waals surface area contributed by atoms with E-state index in [1.165, 1.54) is 0 Å². The lowest BCUT2D eigenvalue weighted by Crippen LogP contribution is -2.41. The Balaban J connectivity index is 2.10. The molecule has 1 aliphatic heterocycles. The second-order valence-corrected chi connectivity index (χ2v) is 6.04.